The van der Waals surface area contributed by atoms with Gasteiger partial charge in [0.25, 0.3) is 0 Å². The Balaban J connectivity index is 2.51. The molecule has 2 rings (SSSR count). The molecule has 1 aliphatic carbocycles. The van der Waals surface area contributed by atoms with Gasteiger partial charge in [-0.1, -0.05) is 0 Å². The van der Waals surface area contributed by atoms with Crippen LogP contribution < -0.4 is 0 Å². The first-order valence-corrected chi connectivity index (χ1v) is 7.35. The summed E-state index contributed by atoms with van der Waals surface area (Å²) >= 11 is 0. The minimum Gasteiger partial charge on any atom is -0.508 e. The van der Waals surface area contributed by atoms with Gasteiger partial charge in [-0.3, -0.25) is 0 Å². The number of aliphatic hydroxyl groups is 1. The molecule has 94 valence electrons. The van der Waals surface area contributed by atoms with Crippen molar-refractivity contribution in [1.82, 2.24) is 0 Å². The Labute approximate surface area is 101 Å². The number of hydrogen-bond donors (Lipinski definition) is 2. The first-order chi connectivity index (χ1) is 7.71. The molecule has 1 saturated carbocycles. The molecular weight excluding hydrogens is 240 g/mol. The summed E-state index contributed by atoms with van der Waals surface area (Å²) in [6.07, 6.45) is 2.79. The van der Waals surface area contributed by atoms with Crippen LogP contribution in [0.3, 0.4) is 0 Å². The van der Waals surface area contributed by atoms with E-state index in [4.69, 9.17) is 0 Å². The minimum absolute atomic E-state index is 0.0663. The Kier molecular flexibility index (Phi) is 2.71. The molecule has 17 heavy (non-hydrogen) atoms. The second-order valence-electron chi connectivity index (χ2n) is 4.92. The van der Waals surface area contributed by atoms with Crippen LogP contribution in [0.15, 0.2) is 17.0 Å². The van der Waals surface area contributed by atoms with E-state index in [-0.39, 0.29) is 17.1 Å². The van der Waals surface area contributed by atoms with Crippen molar-refractivity contribution >= 4 is 9.84 Å². The Morgan fingerprint density at radius 2 is 1.94 bits per heavy atom. The molecule has 0 bridgehead atoms. The number of phenolic OH excluding ortho intramolecular Hbond substituents is 1. The van der Waals surface area contributed by atoms with E-state index < -0.39 is 15.4 Å². The second-order valence-corrected chi connectivity index (χ2v) is 6.90. The number of aromatic hydroxyl groups is 1. The van der Waals surface area contributed by atoms with E-state index in [1.54, 1.807) is 6.92 Å². The van der Waals surface area contributed by atoms with Crippen molar-refractivity contribution in [2.45, 2.75) is 36.7 Å². The summed E-state index contributed by atoms with van der Waals surface area (Å²) in [5.74, 6) is 0.0663. The Bertz CT molecular complexity index is 556. The molecular formula is C12H16O4S. The van der Waals surface area contributed by atoms with E-state index in [9.17, 15) is 18.6 Å². The highest BCUT2D eigenvalue weighted by Crippen LogP contribution is 2.40. The molecule has 0 amide bonds. The fraction of sp³-hybridized carbons (Fsp3) is 0.500. The standard InChI is InChI=1S/C12H16O4S/c1-8-5-11(17(2,15)16)9(6-10(8)13)7-12(14)3-4-12/h5-6,13-14H,3-4,7H2,1-2H3. The lowest BCUT2D eigenvalue weighted by Crippen LogP contribution is -2.14. The lowest BCUT2D eigenvalue weighted by atomic mass is 10.0. The Hall–Kier alpha value is -1.07. The van der Waals surface area contributed by atoms with Gasteiger partial charge in [0.05, 0.1) is 10.5 Å². The molecule has 0 atom stereocenters. The summed E-state index contributed by atoms with van der Waals surface area (Å²) in [7, 11) is -3.34. The first-order valence-electron chi connectivity index (χ1n) is 5.46. The van der Waals surface area contributed by atoms with Crippen molar-refractivity contribution in [2.24, 2.45) is 0 Å². The molecule has 1 fully saturated rings. The summed E-state index contributed by atoms with van der Waals surface area (Å²) in [6.45, 7) is 1.65. The maximum atomic E-state index is 11.7. The lowest BCUT2D eigenvalue weighted by molar-refractivity contribution is 0.150. The van der Waals surface area contributed by atoms with Crippen LogP contribution in [0.4, 0.5) is 0 Å². The van der Waals surface area contributed by atoms with E-state index in [0.29, 0.717) is 24.0 Å². The van der Waals surface area contributed by atoms with Crippen LogP contribution >= 0.6 is 0 Å². The van der Waals surface area contributed by atoms with Crippen LogP contribution in [0.5, 0.6) is 5.75 Å². The SMILES string of the molecule is Cc1cc(S(C)(=O)=O)c(CC2(O)CC2)cc1O. The van der Waals surface area contributed by atoms with Crippen LogP contribution in [-0.2, 0) is 16.3 Å². The summed E-state index contributed by atoms with van der Waals surface area (Å²) in [5.41, 5.74) is 0.244. The fourth-order valence-corrected chi connectivity index (χ4v) is 2.87. The van der Waals surface area contributed by atoms with Crippen molar-refractivity contribution in [3.8, 4) is 5.75 Å². The van der Waals surface area contributed by atoms with Gasteiger partial charge in [-0.05, 0) is 43.0 Å². The smallest absolute Gasteiger partial charge is 0.175 e. The molecule has 4 nitrogen and oxygen atoms in total. The van der Waals surface area contributed by atoms with Crippen molar-refractivity contribution in [1.29, 1.82) is 0 Å². The summed E-state index contributed by atoms with van der Waals surface area (Å²) in [6, 6.07) is 2.91. The third-order valence-electron chi connectivity index (χ3n) is 3.13. The second kappa shape index (κ2) is 3.71. The molecule has 1 aliphatic rings. The number of phenols is 1. The highest BCUT2D eigenvalue weighted by atomic mass is 32.2. The maximum absolute atomic E-state index is 11.7. The molecule has 0 aromatic heterocycles. The summed E-state index contributed by atoms with van der Waals surface area (Å²) in [4.78, 5) is 0.202. The number of aryl methyl sites for hydroxylation is 1. The van der Waals surface area contributed by atoms with Gasteiger partial charge in [0, 0.05) is 12.7 Å². The van der Waals surface area contributed by atoms with E-state index in [2.05, 4.69) is 0 Å². The molecule has 0 unspecified atom stereocenters. The van der Waals surface area contributed by atoms with Gasteiger partial charge in [-0.25, -0.2) is 8.42 Å². The summed E-state index contributed by atoms with van der Waals surface area (Å²) < 4.78 is 23.3. The van der Waals surface area contributed by atoms with Gasteiger partial charge >= 0.3 is 0 Å². The van der Waals surface area contributed by atoms with E-state index in [0.717, 1.165) is 6.26 Å². The van der Waals surface area contributed by atoms with Crippen LogP contribution in [0.25, 0.3) is 0 Å². The van der Waals surface area contributed by atoms with Crippen molar-refractivity contribution in [3.05, 3.63) is 23.3 Å². The molecule has 0 saturated heterocycles. The molecule has 0 aliphatic heterocycles. The third-order valence-corrected chi connectivity index (χ3v) is 4.30. The van der Waals surface area contributed by atoms with Gasteiger partial charge in [0.1, 0.15) is 5.75 Å². The predicted octanol–water partition coefficient (Wildman–Crippen LogP) is 1.17. The highest BCUT2D eigenvalue weighted by Gasteiger charge is 2.41. The van der Waals surface area contributed by atoms with E-state index >= 15 is 0 Å². The molecule has 1 aromatic rings. The van der Waals surface area contributed by atoms with Crippen molar-refractivity contribution in [3.63, 3.8) is 0 Å². The highest BCUT2D eigenvalue weighted by molar-refractivity contribution is 7.90. The zero-order chi connectivity index (χ0) is 12.8. The molecule has 1 aromatic carbocycles. The minimum atomic E-state index is -3.34. The van der Waals surface area contributed by atoms with Gasteiger partial charge in [-0.2, -0.15) is 0 Å². The number of benzene rings is 1. The maximum Gasteiger partial charge on any atom is 0.175 e. The van der Waals surface area contributed by atoms with Crippen LogP contribution in [-0.4, -0.2) is 30.5 Å². The number of sulfone groups is 1. The quantitative estimate of drug-likeness (QED) is 0.851. The third kappa shape index (κ3) is 2.61. The van der Waals surface area contributed by atoms with Gasteiger partial charge < -0.3 is 10.2 Å². The predicted molar refractivity (Wildman–Crippen MR) is 63.8 cm³/mol. The lowest BCUT2D eigenvalue weighted by Gasteiger charge is -2.13. The van der Waals surface area contributed by atoms with Crippen LogP contribution in [0.2, 0.25) is 0 Å². The Morgan fingerprint density at radius 1 is 1.35 bits per heavy atom. The number of rotatable bonds is 3. The molecule has 0 spiro atoms. The molecule has 0 heterocycles. The van der Waals surface area contributed by atoms with Crippen LogP contribution in [0.1, 0.15) is 24.0 Å². The Morgan fingerprint density at radius 3 is 2.41 bits per heavy atom. The van der Waals surface area contributed by atoms with E-state index in [1.807, 2.05) is 0 Å². The zero-order valence-corrected chi connectivity index (χ0v) is 10.7. The van der Waals surface area contributed by atoms with E-state index in [1.165, 1.54) is 12.1 Å². The molecule has 5 heteroatoms. The normalized spacial score (nSPS) is 18.1. The van der Waals surface area contributed by atoms with Gasteiger partial charge in [0.2, 0.25) is 0 Å². The monoisotopic (exact) mass is 256 g/mol. The van der Waals surface area contributed by atoms with Crippen LogP contribution in [0, 0.1) is 6.92 Å². The average molecular weight is 256 g/mol. The number of hydrogen-bond acceptors (Lipinski definition) is 4. The molecule has 0 radical (unpaired) electrons. The van der Waals surface area contributed by atoms with Crippen molar-refractivity contribution < 1.29 is 18.6 Å². The average Bonchev–Trinajstić information content (AvgIpc) is 2.88. The van der Waals surface area contributed by atoms with Gasteiger partial charge in [0.15, 0.2) is 9.84 Å². The van der Waals surface area contributed by atoms with Crippen molar-refractivity contribution in [2.75, 3.05) is 6.26 Å². The summed E-state index contributed by atoms with van der Waals surface area (Å²) in [5, 5.41) is 19.5. The largest absolute Gasteiger partial charge is 0.508 e. The zero-order valence-electron chi connectivity index (χ0n) is 9.90. The molecule has 2 N–H and O–H groups in total. The first kappa shape index (κ1) is 12.4. The fourth-order valence-electron chi connectivity index (χ4n) is 1.87. The van der Waals surface area contributed by atoms with Gasteiger partial charge in [-0.15, -0.1) is 0 Å². The topological polar surface area (TPSA) is 74.6 Å².